The summed E-state index contributed by atoms with van der Waals surface area (Å²) in [5, 5.41) is 9.42. The first kappa shape index (κ1) is 11.5. The van der Waals surface area contributed by atoms with Crippen LogP contribution in [-0.2, 0) is 6.42 Å². The van der Waals surface area contributed by atoms with E-state index in [9.17, 15) is 9.90 Å². The number of nitrogens with zero attached hydrogens (tertiary/aromatic N) is 4. The third-order valence-corrected chi connectivity index (χ3v) is 2.98. The Morgan fingerprint density at radius 2 is 2.21 bits per heavy atom. The summed E-state index contributed by atoms with van der Waals surface area (Å²) >= 11 is 0. The first-order chi connectivity index (χ1) is 9.22. The first-order valence-corrected chi connectivity index (χ1v) is 5.95. The summed E-state index contributed by atoms with van der Waals surface area (Å²) in [6, 6.07) is 5.38. The molecule has 0 aliphatic rings. The molecule has 3 aromatic heterocycles. The van der Waals surface area contributed by atoms with Gasteiger partial charge in [-0.25, -0.2) is 14.8 Å². The van der Waals surface area contributed by atoms with Crippen LogP contribution in [0.5, 0.6) is 0 Å². The van der Waals surface area contributed by atoms with E-state index in [1.54, 1.807) is 39.7 Å². The van der Waals surface area contributed by atoms with Gasteiger partial charge in [-0.1, -0.05) is 13.0 Å². The molecule has 6 heteroatoms. The van der Waals surface area contributed by atoms with E-state index in [-0.39, 0.29) is 5.69 Å². The van der Waals surface area contributed by atoms with E-state index in [2.05, 4.69) is 9.97 Å². The first-order valence-electron chi connectivity index (χ1n) is 5.95. The number of aryl methyl sites for hydroxylation is 1. The van der Waals surface area contributed by atoms with Gasteiger partial charge >= 0.3 is 5.97 Å². The van der Waals surface area contributed by atoms with Crippen LogP contribution >= 0.6 is 0 Å². The molecule has 0 aromatic carbocycles. The Kier molecular flexibility index (Phi) is 2.56. The third-order valence-electron chi connectivity index (χ3n) is 2.98. The Balaban J connectivity index is 2.35. The zero-order valence-electron chi connectivity index (χ0n) is 10.3. The van der Waals surface area contributed by atoms with Gasteiger partial charge in [0.15, 0.2) is 11.5 Å². The topological polar surface area (TPSA) is 72.4 Å². The maximum Gasteiger partial charge on any atom is 0.356 e. The van der Waals surface area contributed by atoms with Crippen molar-refractivity contribution in [3.63, 3.8) is 0 Å². The molecular formula is C13H12N4O2. The molecule has 0 unspecified atom stereocenters. The normalized spacial score (nSPS) is 11.0. The lowest BCUT2D eigenvalue weighted by Gasteiger charge is -2.04. The van der Waals surface area contributed by atoms with Crippen LogP contribution in [0.25, 0.3) is 11.5 Å². The lowest BCUT2D eigenvalue weighted by molar-refractivity contribution is 0.0689. The average Bonchev–Trinajstić information content (AvgIpc) is 3.01. The fraction of sp³-hybridized carbons (Fsp3) is 0.154. The van der Waals surface area contributed by atoms with Crippen LogP contribution in [-0.4, -0.2) is 30.0 Å². The quantitative estimate of drug-likeness (QED) is 0.775. The molecule has 3 heterocycles. The Hall–Kier alpha value is -2.63. The second-order valence-electron chi connectivity index (χ2n) is 4.09. The fourth-order valence-corrected chi connectivity index (χ4v) is 2.14. The summed E-state index contributed by atoms with van der Waals surface area (Å²) in [7, 11) is 0. The van der Waals surface area contributed by atoms with Crippen molar-refractivity contribution in [3.05, 3.63) is 48.3 Å². The minimum atomic E-state index is -1.01. The number of fused-ring (bicyclic) bond motifs is 1. The molecule has 0 bridgehead atoms. The van der Waals surface area contributed by atoms with Crippen molar-refractivity contribution in [2.45, 2.75) is 13.3 Å². The molecule has 0 radical (unpaired) electrons. The van der Waals surface area contributed by atoms with Gasteiger partial charge in [0, 0.05) is 25.0 Å². The number of pyridine rings is 1. The molecular weight excluding hydrogens is 244 g/mol. The molecule has 0 aliphatic carbocycles. The van der Waals surface area contributed by atoms with Gasteiger partial charge in [0.1, 0.15) is 11.5 Å². The molecule has 96 valence electrons. The van der Waals surface area contributed by atoms with Crippen molar-refractivity contribution in [1.29, 1.82) is 0 Å². The number of hydrogen-bond acceptors (Lipinski definition) is 3. The number of imidazole rings is 2. The van der Waals surface area contributed by atoms with Gasteiger partial charge in [0.2, 0.25) is 0 Å². The van der Waals surface area contributed by atoms with E-state index >= 15 is 0 Å². The van der Waals surface area contributed by atoms with Crippen molar-refractivity contribution in [2.24, 2.45) is 0 Å². The highest BCUT2D eigenvalue weighted by molar-refractivity contribution is 5.90. The van der Waals surface area contributed by atoms with Crippen molar-refractivity contribution in [2.75, 3.05) is 0 Å². The van der Waals surface area contributed by atoms with Gasteiger partial charge in [-0.15, -0.1) is 0 Å². The third kappa shape index (κ3) is 1.69. The molecule has 0 aliphatic heterocycles. The summed E-state index contributed by atoms with van der Waals surface area (Å²) in [6.07, 6.45) is 5.78. The van der Waals surface area contributed by atoms with Gasteiger partial charge in [-0.2, -0.15) is 0 Å². The summed E-state index contributed by atoms with van der Waals surface area (Å²) in [6.45, 7) is 1.97. The monoisotopic (exact) mass is 256 g/mol. The summed E-state index contributed by atoms with van der Waals surface area (Å²) in [5.74, 6) is 0.170. The second kappa shape index (κ2) is 4.24. The number of aromatic carboxylic acids is 1. The summed E-state index contributed by atoms with van der Waals surface area (Å²) in [5.41, 5.74) is 0.744. The fourth-order valence-electron chi connectivity index (χ4n) is 2.14. The van der Waals surface area contributed by atoms with Crippen molar-refractivity contribution in [1.82, 2.24) is 18.9 Å². The van der Waals surface area contributed by atoms with Gasteiger partial charge in [-0.3, -0.25) is 8.97 Å². The average molecular weight is 256 g/mol. The highest BCUT2D eigenvalue weighted by Crippen LogP contribution is 2.18. The molecule has 19 heavy (non-hydrogen) atoms. The van der Waals surface area contributed by atoms with Gasteiger partial charge in [0.25, 0.3) is 0 Å². The molecule has 0 atom stereocenters. The minimum absolute atomic E-state index is 0.142. The van der Waals surface area contributed by atoms with Gasteiger partial charge in [0.05, 0.1) is 0 Å². The van der Waals surface area contributed by atoms with E-state index in [1.807, 2.05) is 13.0 Å². The Morgan fingerprint density at radius 1 is 1.37 bits per heavy atom. The van der Waals surface area contributed by atoms with Crippen LogP contribution in [0.15, 0.2) is 36.8 Å². The smallest absolute Gasteiger partial charge is 0.356 e. The molecule has 3 rings (SSSR count). The lowest BCUT2D eigenvalue weighted by Crippen LogP contribution is -2.08. The van der Waals surface area contributed by atoms with E-state index in [1.165, 1.54) is 0 Å². The Bertz CT molecular complexity index is 757. The van der Waals surface area contributed by atoms with E-state index in [0.717, 1.165) is 5.82 Å². The SMILES string of the molecule is CCc1nccn1-c1nc2ccccn2c1C(=O)O. The number of carboxylic acid groups (broad SMARTS) is 1. The summed E-state index contributed by atoms with van der Waals surface area (Å²) in [4.78, 5) is 20.1. The number of hydrogen-bond donors (Lipinski definition) is 1. The largest absolute Gasteiger partial charge is 0.476 e. The van der Waals surface area contributed by atoms with Crippen LogP contribution in [0, 0.1) is 0 Å². The van der Waals surface area contributed by atoms with Crippen LogP contribution in [0.2, 0.25) is 0 Å². The Morgan fingerprint density at radius 3 is 2.95 bits per heavy atom. The zero-order chi connectivity index (χ0) is 13.4. The van der Waals surface area contributed by atoms with E-state index < -0.39 is 5.97 Å². The number of rotatable bonds is 3. The predicted molar refractivity (Wildman–Crippen MR) is 68.7 cm³/mol. The Labute approximate surface area is 109 Å². The van der Waals surface area contributed by atoms with Crippen molar-refractivity contribution < 1.29 is 9.90 Å². The second-order valence-corrected chi connectivity index (χ2v) is 4.09. The predicted octanol–water partition coefficient (Wildman–Crippen LogP) is 1.78. The minimum Gasteiger partial charge on any atom is -0.476 e. The molecule has 0 fully saturated rings. The summed E-state index contributed by atoms with van der Waals surface area (Å²) < 4.78 is 3.29. The maximum atomic E-state index is 11.5. The molecule has 0 saturated heterocycles. The van der Waals surface area contributed by atoms with Crippen molar-refractivity contribution in [3.8, 4) is 5.82 Å². The molecule has 6 nitrogen and oxygen atoms in total. The number of carbonyl (C=O) groups is 1. The molecule has 0 spiro atoms. The standard InChI is InChI=1S/C13H12N4O2/c1-2-9-14-6-8-17(9)12-11(13(18)19)16-7-4-3-5-10(16)15-12/h3-8H,2H2,1H3,(H,18,19). The van der Waals surface area contributed by atoms with Crippen molar-refractivity contribution >= 4 is 11.6 Å². The van der Waals surface area contributed by atoms with Crippen LogP contribution in [0.4, 0.5) is 0 Å². The maximum absolute atomic E-state index is 11.5. The lowest BCUT2D eigenvalue weighted by atomic mass is 10.4. The molecule has 1 N–H and O–H groups in total. The highest BCUT2D eigenvalue weighted by Gasteiger charge is 2.20. The highest BCUT2D eigenvalue weighted by atomic mass is 16.4. The molecule has 3 aromatic rings. The molecule has 0 amide bonds. The zero-order valence-corrected chi connectivity index (χ0v) is 10.3. The number of aromatic nitrogens is 4. The van der Waals surface area contributed by atoms with Gasteiger partial charge in [-0.05, 0) is 12.1 Å². The van der Waals surface area contributed by atoms with Crippen LogP contribution in [0.3, 0.4) is 0 Å². The van der Waals surface area contributed by atoms with Crippen LogP contribution < -0.4 is 0 Å². The number of carboxylic acids is 1. The van der Waals surface area contributed by atoms with E-state index in [0.29, 0.717) is 17.9 Å². The van der Waals surface area contributed by atoms with E-state index in [4.69, 9.17) is 0 Å². The molecule has 0 saturated carbocycles. The van der Waals surface area contributed by atoms with Gasteiger partial charge < -0.3 is 5.11 Å². The van der Waals surface area contributed by atoms with Crippen LogP contribution in [0.1, 0.15) is 23.2 Å².